The van der Waals surface area contributed by atoms with Gasteiger partial charge in [-0.2, -0.15) is 0 Å². The topological polar surface area (TPSA) is 53.6 Å². The Kier molecular flexibility index (Phi) is 8.03. The molecule has 3 rings (SSSR count). The molecule has 28 heavy (non-hydrogen) atoms. The first-order valence-corrected chi connectivity index (χ1v) is 11.0. The molecule has 2 aromatic carbocycles. The molecule has 2 amide bonds. The summed E-state index contributed by atoms with van der Waals surface area (Å²) in [7, 11) is 0. The van der Waals surface area contributed by atoms with Crippen molar-refractivity contribution in [2.75, 3.05) is 39.1 Å². The Labute approximate surface area is 175 Å². The van der Waals surface area contributed by atoms with Crippen LogP contribution in [0.15, 0.2) is 53.4 Å². The third-order valence-electron chi connectivity index (χ3n) is 4.81. The second-order valence-electron chi connectivity index (χ2n) is 6.63. The molecule has 0 saturated carbocycles. The number of amides is 2. The molecule has 0 radical (unpaired) electrons. The number of morpholine rings is 1. The van der Waals surface area contributed by atoms with E-state index in [1.165, 1.54) is 4.90 Å². The van der Waals surface area contributed by atoms with E-state index in [1.54, 1.807) is 11.8 Å². The molecular weight excluding hydrogens is 394 g/mol. The fourth-order valence-corrected chi connectivity index (χ4v) is 3.74. The zero-order valence-electron chi connectivity index (χ0n) is 16.0. The normalized spacial score (nSPS) is 15.8. The lowest BCUT2D eigenvalue weighted by atomic mass is 10.0. The van der Waals surface area contributed by atoms with Gasteiger partial charge in [-0.05, 0) is 41.6 Å². The first-order chi connectivity index (χ1) is 13.7. The van der Waals surface area contributed by atoms with Crippen molar-refractivity contribution in [3.8, 4) is 0 Å². The number of ether oxygens (including phenoxy) is 1. The average Bonchev–Trinajstić information content (AvgIpc) is 2.75. The van der Waals surface area contributed by atoms with Crippen LogP contribution in [0.1, 0.15) is 17.2 Å². The first kappa shape index (κ1) is 21.0. The van der Waals surface area contributed by atoms with Gasteiger partial charge in [-0.1, -0.05) is 35.9 Å². The van der Waals surface area contributed by atoms with Crippen LogP contribution in [0.5, 0.6) is 0 Å². The van der Waals surface area contributed by atoms with Crippen molar-refractivity contribution < 1.29 is 9.53 Å². The monoisotopic (exact) mass is 419 g/mol. The van der Waals surface area contributed by atoms with Gasteiger partial charge >= 0.3 is 6.03 Å². The van der Waals surface area contributed by atoms with Crippen molar-refractivity contribution in [1.82, 2.24) is 15.5 Å². The summed E-state index contributed by atoms with van der Waals surface area (Å²) in [6, 6.07) is 16.0. The van der Waals surface area contributed by atoms with Crippen LogP contribution in [-0.2, 0) is 11.3 Å². The highest BCUT2D eigenvalue weighted by Crippen LogP contribution is 2.23. The molecule has 1 aliphatic heterocycles. The maximum Gasteiger partial charge on any atom is 0.315 e. The van der Waals surface area contributed by atoms with Crippen molar-refractivity contribution in [3.63, 3.8) is 0 Å². The summed E-state index contributed by atoms with van der Waals surface area (Å²) >= 11 is 7.74. The SMILES string of the molecule is CSc1ccc(CNC(=O)NCC(c2ccc(Cl)cc2)N2CCOCC2)cc1. The molecule has 0 aliphatic carbocycles. The molecule has 1 saturated heterocycles. The Morgan fingerprint density at radius 1 is 1.11 bits per heavy atom. The number of halogens is 1. The van der Waals surface area contributed by atoms with Crippen LogP contribution in [0.4, 0.5) is 4.79 Å². The second-order valence-corrected chi connectivity index (χ2v) is 7.94. The van der Waals surface area contributed by atoms with Crippen molar-refractivity contribution in [2.45, 2.75) is 17.5 Å². The van der Waals surface area contributed by atoms with Gasteiger partial charge in [-0.3, -0.25) is 4.90 Å². The number of carbonyl (C=O) groups excluding carboxylic acids is 1. The van der Waals surface area contributed by atoms with Gasteiger partial charge < -0.3 is 15.4 Å². The van der Waals surface area contributed by atoms with E-state index < -0.39 is 0 Å². The summed E-state index contributed by atoms with van der Waals surface area (Å²) in [5.74, 6) is 0. The maximum absolute atomic E-state index is 12.3. The van der Waals surface area contributed by atoms with Crippen LogP contribution in [0.2, 0.25) is 5.02 Å². The molecule has 1 aliphatic rings. The number of benzene rings is 2. The highest BCUT2D eigenvalue weighted by atomic mass is 35.5. The van der Waals surface area contributed by atoms with Crippen LogP contribution in [-0.4, -0.2) is 50.0 Å². The minimum absolute atomic E-state index is 0.0905. The van der Waals surface area contributed by atoms with E-state index in [0.717, 1.165) is 24.2 Å². The smallest absolute Gasteiger partial charge is 0.315 e. The lowest BCUT2D eigenvalue weighted by Crippen LogP contribution is -2.45. The Morgan fingerprint density at radius 3 is 2.43 bits per heavy atom. The van der Waals surface area contributed by atoms with Gasteiger partial charge in [0.25, 0.3) is 0 Å². The van der Waals surface area contributed by atoms with E-state index >= 15 is 0 Å². The van der Waals surface area contributed by atoms with Crippen LogP contribution in [0, 0.1) is 0 Å². The van der Waals surface area contributed by atoms with Crippen LogP contribution in [0.25, 0.3) is 0 Å². The third-order valence-corrected chi connectivity index (χ3v) is 5.80. The molecule has 1 fully saturated rings. The highest BCUT2D eigenvalue weighted by molar-refractivity contribution is 7.98. The highest BCUT2D eigenvalue weighted by Gasteiger charge is 2.23. The maximum atomic E-state index is 12.3. The summed E-state index contributed by atoms with van der Waals surface area (Å²) in [5.41, 5.74) is 2.22. The van der Waals surface area contributed by atoms with E-state index in [9.17, 15) is 4.79 Å². The molecule has 7 heteroatoms. The Balaban J connectivity index is 1.55. The average molecular weight is 420 g/mol. The molecule has 0 spiro atoms. The van der Waals surface area contributed by atoms with E-state index in [4.69, 9.17) is 16.3 Å². The Morgan fingerprint density at radius 2 is 1.79 bits per heavy atom. The molecular formula is C21H26ClN3O2S. The number of nitrogens with zero attached hydrogens (tertiary/aromatic N) is 1. The van der Waals surface area contributed by atoms with E-state index in [2.05, 4.69) is 27.7 Å². The molecule has 0 aromatic heterocycles. The van der Waals surface area contributed by atoms with Gasteiger partial charge in [-0.25, -0.2) is 4.79 Å². The van der Waals surface area contributed by atoms with Crippen molar-refractivity contribution in [2.24, 2.45) is 0 Å². The fraction of sp³-hybridized carbons (Fsp3) is 0.381. The van der Waals surface area contributed by atoms with Crippen LogP contribution >= 0.6 is 23.4 Å². The third kappa shape index (κ3) is 6.14. The zero-order chi connectivity index (χ0) is 19.8. The largest absolute Gasteiger partial charge is 0.379 e. The van der Waals surface area contributed by atoms with E-state index in [-0.39, 0.29) is 12.1 Å². The number of hydrogen-bond acceptors (Lipinski definition) is 4. The number of nitrogens with one attached hydrogen (secondary N) is 2. The molecule has 150 valence electrons. The molecule has 1 heterocycles. The number of rotatable bonds is 7. The molecule has 1 atom stereocenters. The fourth-order valence-electron chi connectivity index (χ4n) is 3.21. The van der Waals surface area contributed by atoms with Crippen molar-refractivity contribution in [3.05, 3.63) is 64.7 Å². The van der Waals surface area contributed by atoms with E-state index in [0.29, 0.717) is 31.3 Å². The minimum atomic E-state index is -0.166. The number of carbonyl (C=O) groups is 1. The van der Waals surface area contributed by atoms with Crippen LogP contribution in [0.3, 0.4) is 0 Å². The van der Waals surface area contributed by atoms with Crippen molar-refractivity contribution in [1.29, 1.82) is 0 Å². The molecule has 2 N–H and O–H groups in total. The summed E-state index contributed by atoms with van der Waals surface area (Å²) in [5, 5.41) is 6.66. The number of urea groups is 1. The zero-order valence-corrected chi connectivity index (χ0v) is 17.6. The van der Waals surface area contributed by atoms with Gasteiger partial charge in [0, 0.05) is 36.1 Å². The summed E-state index contributed by atoms with van der Waals surface area (Å²) in [6.45, 7) is 4.14. The summed E-state index contributed by atoms with van der Waals surface area (Å²) in [6.07, 6.45) is 2.05. The van der Waals surface area contributed by atoms with Crippen LogP contribution < -0.4 is 10.6 Å². The molecule has 5 nitrogen and oxygen atoms in total. The van der Waals surface area contributed by atoms with Gasteiger partial charge in [0.2, 0.25) is 0 Å². The quantitative estimate of drug-likeness (QED) is 0.667. The van der Waals surface area contributed by atoms with Gasteiger partial charge in [-0.15, -0.1) is 11.8 Å². The number of thioether (sulfide) groups is 1. The Bertz CT molecular complexity index is 749. The lowest BCUT2D eigenvalue weighted by Gasteiger charge is -2.35. The summed E-state index contributed by atoms with van der Waals surface area (Å²) < 4.78 is 5.47. The van der Waals surface area contributed by atoms with Gasteiger partial charge in [0.05, 0.1) is 19.3 Å². The first-order valence-electron chi connectivity index (χ1n) is 9.37. The van der Waals surface area contributed by atoms with Crippen molar-refractivity contribution >= 4 is 29.4 Å². The predicted molar refractivity (Wildman–Crippen MR) is 115 cm³/mol. The van der Waals surface area contributed by atoms with Gasteiger partial charge in [0.1, 0.15) is 0 Å². The second kappa shape index (κ2) is 10.7. The molecule has 0 bridgehead atoms. The summed E-state index contributed by atoms with van der Waals surface area (Å²) in [4.78, 5) is 15.9. The predicted octanol–water partition coefficient (Wildman–Crippen LogP) is 3.93. The molecule has 2 aromatic rings. The van der Waals surface area contributed by atoms with E-state index in [1.807, 2.05) is 42.7 Å². The lowest BCUT2D eigenvalue weighted by molar-refractivity contribution is 0.0167. The molecule has 1 unspecified atom stereocenters. The Hall–Kier alpha value is -1.73. The standard InChI is InChI=1S/C21H26ClN3O2S/c1-28-19-8-2-16(3-9-19)14-23-21(26)24-15-20(25-10-12-27-13-11-25)17-4-6-18(22)7-5-17/h2-9,20H,10-15H2,1H3,(H2,23,24,26). The van der Waals surface area contributed by atoms with Gasteiger partial charge in [0.15, 0.2) is 0 Å². The number of hydrogen-bond donors (Lipinski definition) is 2. The minimum Gasteiger partial charge on any atom is -0.379 e.